The molecule has 0 unspecified atom stereocenters. The Kier molecular flexibility index (Phi) is 2.56. The maximum Gasteiger partial charge on any atom is 0.273 e. The van der Waals surface area contributed by atoms with Crippen molar-refractivity contribution in [1.29, 1.82) is 0 Å². The van der Waals surface area contributed by atoms with Crippen LogP contribution in [-0.2, 0) is 0 Å². The summed E-state index contributed by atoms with van der Waals surface area (Å²) >= 11 is 5.86. The summed E-state index contributed by atoms with van der Waals surface area (Å²) in [7, 11) is 0. The smallest absolute Gasteiger partial charge is 0.273 e. The van der Waals surface area contributed by atoms with Crippen LogP contribution in [0.25, 0.3) is 5.69 Å². The maximum atomic E-state index is 11.6. The van der Waals surface area contributed by atoms with Crippen molar-refractivity contribution in [1.82, 2.24) is 9.55 Å². The number of halogens is 1. The minimum atomic E-state index is -0.178. The van der Waals surface area contributed by atoms with E-state index in [1.54, 1.807) is 6.92 Å². The van der Waals surface area contributed by atoms with E-state index in [9.17, 15) is 4.79 Å². The Morgan fingerprint density at radius 3 is 2.60 bits per heavy atom. The van der Waals surface area contributed by atoms with Crippen LogP contribution in [0.4, 0.5) is 0 Å². The van der Waals surface area contributed by atoms with Gasteiger partial charge in [0, 0.05) is 5.69 Å². The molecule has 3 nitrogen and oxygen atoms in total. The molecule has 0 atom stereocenters. The number of para-hydroxylation sites is 1. The molecule has 0 aliphatic heterocycles. The lowest BCUT2D eigenvalue weighted by Crippen LogP contribution is -2.20. The van der Waals surface area contributed by atoms with Crippen LogP contribution in [0.15, 0.2) is 41.3 Å². The van der Waals surface area contributed by atoms with Crippen molar-refractivity contribution in [2.75, 3.05) is 0 Å². The highest BCUT2D eigenvalue weighted by molar-refractivity contribution is 6.29. The summed E-state index contributed by atoms with van der Waals surface area (Å²) in [6, 6.07) is 9.34. The fraction of sp³-hybridized carbons (Fsp3) is 0.0909. The van der Waals surface area contributed by atoms with E-state index in [0.717, 1.165) is 5.69 Å². The van der Waals surface area contributed by atoms with E-state index >= 15 is 0 Å². The van der Waals surface area contributed by atoms with Crippen LogP contribution >= 0.6 is 11.6 Å². The second-order valence-corrected chi connectivity index (χ2v) is 3.50. The number of aromatic nitrogens is 2. The van der Waals surface area contributed by atoms with Gasteiger partial charge in [-0.15, -0.1) is 0 Å². The van der Waals surface area contributed by atoms with Gasteiger partial charge < -0.3 is 0 Å². The van der Waals surface area contributed by atoms with E-state index in [4.69, 9.17) is 11.6 Å². The highest BCUT2D eigenvalue weighted by atomic mass is 35.5. The molecule has 0 fully saturated rings. The Morgan fingerprint density at radius 2 is 1.93 bits per heavy atom. The molecule has 76 valence electrons. The predicted molar refractivity (Wildman–Crippen MR) is 59.6 cm³/mol. The third kappa shape index (κ3) is 1.78. The van der Waals surface area contributed by atoms with Crippen LogP contribution in [0.1, 0.15) is 5.69 Å². The standard InChI is InChI=1S/C11H9ClN2O/c1-8-11(12)13-7-10(15)14(8)9-5-3-2-4-6-9/h2-7H,1H3. The zero-order chi connectivity index (χ0) is 10.8. The summed E-state index contributed by atoms with van der Waals surface area (Å²) in [6.07, 6.45) is 1.22. The van der Waals surface area contributed by atoms with Crippen LogP contribution in [-0.4, -0.2) is 9.55 Å². The third-order valence-electron chi connectivity index (χ3n) is 2.16. The van der Waals surface area contributed by atoms with Gasteiger partial charge in [0.15, 0.2) is 0 Å². The minimum absolute atomic E-state index is 0.178. The van der Waals surface area contributed by atoms with Crippen molar-refractivity contribution >= 4 is 11.6 Å². The quantitative estimate of drug-likeness (QED) is 0.739. The van der Waals surface area contributed by atoms with Gasteiger partial charge >= 0.3 is 0 Å². The van der Waals surface area contributed by atoms with Crippen molar-refractivity contribution in [2.45, 2.75) is 6.92 Å². The van der Waals surface area contributed by atoms with Gasteiger partial charge in [-0.25, -0.2) is 4.98 Å². The Hall–Kier alpha value is -1.61. The molecule has 15 heavy (non-hydrogen) atoms. The van der Waals surface area contributed by atoms with Gasteiger partial charge in [-0.05, 0) is 19.1 Å². The monoisotopic (exact) mass is 220 g/mol. The van der Waals surface area contributed by atoms with E-state index in [1.807, 2.05) is 30.3 Å². The number of rotatable bonds is 1. The van der Waals surface area contributed by atoms with E-state index < -0.39 is 0 Å². The molecule has 0 amide bonds. The van der Waals surface area contributed by atoms with E-state index in [0.29, 0.717) is 10.8 Å². The summed E-state index contributed by atoms with van der Waals surface area (Å²) in [5.41, 5.74) is 1.27. The summed E-state index contributed by atoms with van der Waals surface area (Å²) in [6.45, 7) is 1.77. The molecule has 1 aromatic heterocycles. The Balaban J connectivity index is 2.73. The molecule has 0 saturated carbocycles. The third-order valence-corrected chi connectivity index (χ3v) is 2.53. The summed E-state index contributed by atoms with van der Waals surface area (Å²) < 4.78 is 1.54. The van der Waals surface area contributed by atoms with Gasteiger partial charge in [0.2, 0.25) is 0 Å². The Labute approximate surface area is 92.0 Å². The first-order valence-electron chi connectivity index (χ1n) is 4.50. The Morgan fingerprint density at radius 1 is 1.27 bits per heavy atom. The van der Waals surface area contributed by atoms with Gasteiger partial charge in [0.1, 0.15) is 5.15 Å². The van der Waals surface area contributed by atoms with Crippen molar-refractivity contribution < 1.29 is 0 Å². The van der Waals surface area contributed by atoms with E-state index in [1.165, 1.54) is 10.8 Å². The fourth-order valence-electron chi connectivity index (χ4n) is 1.42. The SMILES string of the molecule is Cc1c(Cl)ncc(=O)n1-c1ccccc1. The first kappa shape index (κ1) is 9.93. The van der Waals surface area contributed by atoms with Crippen molar-refractivity contribution in [3.63, 3.8) is 0 Å². The van der Waals surface area contributed by atoms with Crippen molar-refractivity contribution in [3.05, 3.63) is 57.7 Å². The molecule has 2 aromatic rings. The van der Waals surface area contributed by atoms with Crippen LogP contribution in [0.2, 0.25) is 5.15 Å². The molecule has 4 heteroatoms. The number of hydrogen-bond donors (Lipinski definition) is 0. The molecule has 0 radical (unpaired) electrons. The summed E-state index contributed by atoms with van der Waals surface area (Å²) in [4.78, 5) is 15.4. The molecular weight excluding hydrogens is 212 g/mol. The van der Waals surface area contributed by atoms with E-state index in [2.05, 4.69) is 4.98 Å². The van der Waals surface area contributed by atoms with Crippen molar-refractivity contribution in [3.8, 4) is 5.69 Å². The topological polar surface area (TPSA) is 34.9 Å². The average Bonchev–Trinajstić information content (AvgIpc) is 2.26. The molecule has 0 aliphatic carbocycles. The number of nitrogens with zero attached hydrogens (tertiary/aromatic N) is 2. The molecule has 0 spiro atoms. The van der Waals surface area contributed by atoms with Crippen LogP contribution in [0.5, 0.6) is 0 Å². The minimum Gasteiger partial charge on any atom is -0.277 e. The second kappa shape index (κ2) is 3.87. The lowest BCUT2D eigenvalue weighted by Gasteiger charge is -2.09. The molecule has 1 heterocycles. The first-order valence-corrected chi connectivity index (χ1v) is 4.87. The van der Waals surface area contributed by atoms with Crippen LogP contribution in [0.3, 0.4) is 0 Å². The molecule has 1 aromatic carbocycles. The molecule has 0 saturated heterocycles. The lowest BCUT2D eigenvalue weighted by atomic mass is 10.3. The van der Waals surface area contributed by atoms with Crippen LogP contribution in [0, 0.1) is 6.92 Å². The largest absolute Gasteiger partial charge is 0.277 e. The van der Waals surface area contributed by atoms with Gasteiger partial charge in [-0.3, -0.25) is 9.36 Å². The van der Waals surface area contributed by atoms with Gasteiger partial charge in [-0.1, -0.05) is 29.8 Å². The normalized spacial score (nSPS) is 10.3. The summed E-state index contributed by atoms with van der Waals surface area (Å²) in [5, 5.41) is 0.346. The number of hydrogen-bond acceptors (Lipinski definition) is 2. The maximum absolute atomic E-state index is 11.6. The molecule has 0 aliphatic rings. The highest BCUT2D eigenvalue weighted by Crippen LogP contribution is 2.13. The van der Waals surface area contributed by atoms with Gasteiger partial charge in [-0.2, -0.15) is 0 Å². The molecule has 0 bridgehead atoms. The van der Waals surface area contributed by atoms with Crippen LogP contribution < -0.4 is 5.56 Å². The highest BCUT2D eigenvalue weighted by Gasteiger charge is 2.06. The molecule has 2 rings (SSSR count). The van der Waals surface area contributed by atoms with Crippen molar-refractivity contribution in [2.24, 2.45) is 0 Å². The molecular formula is C11H9ClN2O. The zero-order valence-corrected chi connectivity index (χ0v) is 8.90. The van der Waals surface area contributed by atoms with Gasteiger partial charge in [0.05, 0.1) is 11.9 Å². The number of benzene rings is 1. The predicted octanol–water partition coefficient (Wildman–Crippen LogP) is 2.19. The second-order valence-electron chi connectivity index (χ2n) is 3.14. The first-order chi connectivity index (χ1) is 7.20. The van der Waals surface area contributed by atoms with Gasteiger partial charge in [0.25, 0.3) is 5.56 Å². The average molecular weight is 221 g/mol. The lowest BCUT2D eigenvalue weighted by molar-refractivity contribution is 0.904. The fourth-order valence-corrected chi connectivity index (χ4v) is 1.55. The van der Waals surface area contributed by atoms with E-state index in [-0.39, 0.29) is 5.56 Å². The molecule has 0 N–H and O–H groups in total. The summed E-state index contributed by atoms with van der Waals surface area (Å²) in [5.74, 6) is 0. The Bertz CT molecular complexity index is 534. The zero-order valence-electron chi connectivity index (χ0n) is 8.14.